The normalized spacial score (nSPS) is 21.8. The number of rotatable bonds is 5. The van der Waals surface area contributed by atoms with E-state index in [4.69, 9.17) is 9.47 Å². The lowest BCUT2D eigenvalue weighted by Crippen LogP contribution is -2.54. The summed E-state index contributed by atoms with van der Waals surface area (Å²) in [6.07, 6.45) is 2.53. The Morgan fingerprint density at radius 1 is 1.55 bits per heavy atom. The zero-order chi connectivity index (χ0) is 14.6. The van der Waals surface area contributed by atoms with Crippen molar-refractivity contribution in [3.63, 3.8) is 0 Å². The van der Waals surface area contributed by atoms with E-state index in [9.17, 15) is 5.11 Å². The van der Waals surface area contributed by atoms with E-state index in [1.54, 1.807) is 6.20 Å². The molecule has 5 nitrogen and oxygen atoms in total. The van der Waals surface area contributed by atoms with Crippen molar-refractivity contribution in [3.05, 3.63) is 18.3 Å². The smallest absolute Gasteiger partial charge is 0.171 e. The first-order valence-corrected chi connectivity index (χ1v) is 7.17. The first-order valence-electron chi connectivity index (χ1n) is 7.17. The van der Waals surface area contributed by atoms with Crippen molar-refractivity contribution in [2.24, 2.45) is 0 Å². The van der Waals surface area contributed by atoms with E-state index >= 15 is 0 Å². The highest BCUT2D eigenvalue weighted by atomic mass is 16.5. The quantitative estimate of drug-likeness (QED) is 0.892. The summed E-state index contributed by atoms with van der Waals surface area (Å²) >= 11 is 0. The predicted molar refractivity (Wildman–Crippen MR) is 78.3 cm³/mol. The summed E-state index contributed by atoms with van der Waals surface area (Å²) in [4.78, 5) is 6.59. The van der Waals surface area contributed by atoms with Gasteiger partial charge in [-0.3, -0.25) is 0 Å². The maximum absolute atomic E-state index is 9.40. The molecule has 0 aromatic carbocycles. The molecule has 0 bridgehead atoms. The fraction of sp³-hybridized carbons (Fsp3) is 0.667. The molecule has 0 aliphatic carbocycles. The SMILES string of the molecule is CCCOc1cccnc1N1CC(CO)OC(C)(C)C1. The molecule has 20 heavy (non-hydrogen) atoms. The van der Waals surface area contributed by atoms with E-state index in [0.29, 0.717) is 13.2 Å². The number of aliphatic hydroxyl groups excluding tert-OH is 1. The molecule has 1 aromatic rings. The Hall–Kier alpha value is -1.33. The highest BCUT2D eigenvalue weighted by molar-refractivity contribution is 5.52. The van der Waals surface area contributed by atoms with Gasteiger partial charge < -0.3 is 19.5 Å². The monoisotopic (exact) mass is 280 g/mol. The second-order valence-electron chi connectivity index (χ2n) is 5.74. The van der Waals surface area contributed by atoms with Gasteiger partial charge in [-0.1, -0.05) is 6.92 Å². The third-order valence-corrected chi connectivity index (χ3v) is 3.20. The number of anilines is 1. The van der Waals surface area contributed by atoms with Gasteiger partial charge in [0, 0.05) is 19.3 Å². The predicted octanol–water partition coefficient (Wildman–Crippen LogP) is 1.85. The van der Waals surface area contributed by atoms with Gasteiger partial charge in [-0.2, -0.15) is 0 Å². The average molecular weight is 280 g/mol. The van der Waals surface area contributed by atoms with Crippen LogP contribution in [0.1, 0.15) is 27.2 Å². The molecule has 1 unspecified atom stereocenters. The van der Waals surface area contributed by atoms with Gasteiger partial charge in [0.05, 0.1) is 24.9 Å². The summed E-state index contributed by atoms with van der Waals surface area (Å²) in [6, 6.07) is 3.82. The maximum Gasteiger partial charge on any atom is 0.171 e. The number of pyridine rings is 1. The summed E-state index contributed by atoms with van der Waals surface area (Å²) in [5.41, 5.74) is -0.314. The Morgan fingerprint density at radius 2 is 2.35 bits per heavy atom. The molecule has 0 amide bonds. The van der Waals surface area contributed by atoms with E-state index in [1.807, 2.05) is 26.0 Å². The second kappa shape index (κ2) is 6.41. The van der Waals surface area contributed by atoms with Gasteiger partial charge in [-0.25, -0.2) is 4.98 Å². The highest BCUT2D eigenvalue weighted by Crippen LogP contribution is 2.31. The Kier molecular flexibility index (Phi) is 4.83. The molecule has 1 atom stereocenters. The van der Waals surface area contributed by atoms with Gasteiger partial charge in [0.15, 0.2) is 11.6 Å². The lowest BCUT2D eigenvalue weighted by molar-refractivity contribution is -0.101. The van der Waals surface area contributed by atoms with E-state index < -0.39 is 0 Å². The molecule has 2 rings (SSSR count). The number of hydrogen-bond acceptors (Lipinski definition) is 5. The van der Waals surface area contributed by atoms with Gasteiger partial charge in [-0.15, -0.1) is 0 Å². The van der Waals surface area contributed by atoms with Crippen molar-refractivity contribution in [3.8, 4) is 5.75 Å². The molecular weight excluding hydrogens is 256 g/mol. The maximum atomic E-state index is 9.40. The summed E-state index contributed by atoms with van der Waals surface area (Å²) in [5.74, 6) is 1.62. The van der Waals surface area contributed by atoms with Gasteiger partial charge >= 0.3 is 0 Å². The zero-order valence-electron chi connectivity index (χ0n) is 12.5. The van der Waals surface area contributed by atoms with Gasteiger partial charge in [0.1, 0.15) is 0 Å². The molecule has 0 spiro atoms. The molecule has 112 valence electrons. The number of morpholine rings is 1. The van der Waals surface area contributed by atoms with Crippen molar-refractivity contribution in [1.82, 2.24) is 4.98 Å². The minimum atomic E-state index is -0.314. The van der Waals surface area contributed by atoms with Crippen LogP contribution in [0.4, 0.5) is 5.82 Å². The van der Waals surface area contributed by atoms with Crippen molar-refractivity contribution in [2.75, 3.05) is 31.2 Å². The average Bonchev–Trinajstić information content (AvgIpc) is 2.43. The van der Waals surface area contributed by atoms with Crippen LogP contribution in [0.5, 0.6) is 5.75 Å². The van der Waals surface area contributed by atoms with E-state index in [0.717, 1.165) is 24.5 Å². The molecule has 2 heterocycles. The standard InChI is InChI=1S/C15H24N2O3/c1-4-8-19-13-6-5-7-16-14(13)17-9-12(10-18)20-15(2,3)11-17/h5-7,12,18H,4,8-11H2,1-3H3. The number of aromatic nitrogens is 1. The molecule has 5 heteroatoms. The van der Waals surface area contributed by atoms with E-state index in [-0.39, 0.29) is 18.3 Å². The fourth-order valence-electron chi connectivity index (χ4n) is 2.50. The van der Waals surface area contributed by atoms with Crippen LogP contribution in [0.15, 0.2) is 18.3 Å². The van der Waals surface area contributed by atoms with Crippen LogP contribution in [0, 0.1) is 0 Å². The Labute approximate surface area is 120 Å². The molecule has 1 aromatic heterocycles. The van der Waals surface area contributed by atoms with Crippen molar-refractivity contribution in [2.45, 2.75) is 38.9 Å². The topological polar surface area (TPSA) is 54.8 Å². The minimum Gasteiger partial charge on any atom is -0.490 e. The summed E-state index contributed by atoms with van der Waals surface area (Å²) < 4.78 is 11.6. The molecule has 1 aliphatic rings. The van der Waals surface area contributed by atoms with Crippen molar-refractivity contribution in [1.29, 1.82) is 0 Å². The summed E-state index contributed by atoms with van der Waals surface area (Å²) in [7, 11) is 0. The number of hydrogen-bond donors (Lipinski definition) is 1. The first kappa shape index (κ1) is 15.1. The van der Waals surface area contributed by atoms with Crippen LogP contribution in [0.3, 0.4) is 0 Å². The van der Waals surface area contributed by atoms with Crippen LogP contribution in [-0.4, -0.2) is 48.1 Å². The molecule has 1 aliphatic heterocycles. The highest BCUT2D eigenvalue weighted by Gasteiger charge is 2.34. The molecule has 0 saturated carbocycles. The lowest BCUT2D eigenvalue weighted by Gasteiger charge is -2.43. The fourth-order valence-corrected chi connectivity index (χ4v) is 2.50. The lowest BCUT2D eigenvalue weighted by atomic mass is 10.1. The Morgan fingerprint density at radius 3 is 3.05 bits per heavy atom. The summed E-state index contributed by atoms with van der Waals surface area (Å²) in [5, 5.41) is 9.40. The van der Waals surface area contributed by atoms with Crippen LogP contribution >= 0.6 is 0 Å². The van der Waals surface area contributed by atoms with Gasteiger partial charge in [0.2, 0.25) is 0 Å². The van der Waals surface area contributed by atoms with Gasteiger partial charge in [0.25, 0.3) is 0 Å². The van der Waals surface area contributed by atoms with Crippen LogP contribution < -0.4 is 9.64 Å². The molecule has 1 fully saturated rings. The minimum absolute atomic E-state index is 0.0118. The van der Waals surface area contributed by atoms with Crippen LogP contribution in [0.2, 0.25) is 0 Å². The van der Waals surface area contributed by atoms with E-state index in [1.165, 1.54) is 0 Å². The van der Waals surface area contributed by atoms with Crippen molar-refractivity contribution >= 4 is 5.82 Å². The second-order valence-corrected chi connectivity index (χ2v) is 5.74. The molecule has 1 N–H and O–H groups in total. The molecule has 1 saturated heterocycles. The van der Waals surface area contributed by atoms with Crippen LogP contribution in [0.25, 0.3) is 0 Å². The summed E-state index contributed by atoms with van der Waals surface area (Å²) in [6.45, 7) is 8.17. The third-order valence-electron chi connectivity index (χ3n) is 3.20. The largest absolute Gasteiger partial charge is 0.490 e. The molecule has 0 radical (unpaired) electrons. The third kappa shape index (κ3) is 3.61. The molecular formula is C15H24N2O3. The van der Waals surface area contributed by atoms with E-state index in [2.05, 4.69) is 16.8 Å². The first-order chi connectivity index (χ1) is 9.55. The Balaban J connectivity index is 2.21. The number of ether oxygens (including phenoxy) is 2. The zero-order valence-corrected chi connectivity index (χ0v) is 12.5. The van der Waals surface area contributed by atoms with Crippen LogP contribution in [-0.2, 0) is 4.74 Å². The van der Waals surface area contributed by atoms with Crippen molar-refractivity contribution < 1.29 is 14.6 Å². The number of nitrogens with zero attached hydrogens (tertiary/aromatic N) is 2. The number of aliphatic hydroxyl groups is 1. The Bertz CT molecular complexity index is 437. The van der Waals surface area contributed by atoms with Gasteiger partial charge in [-0.05, 0) is 32.4 Å².